The Bertz CT molecular complexity index is 193. The highest BCUT2D eigenvalue weighted by molar-refractivity contribution is 5.92. The average molecular weight is 169 g/mol. The summed E-state index contributed by atoms with van der Waals surface area (Å²) >= 11 is 0. The minimum absolute atomic E-state index is 0.140. The van der Waals surface area contributed by atoms with Gasteiger partial charge in [0.1, 0.15) is 0 Å². The molecule has 0 radical (unpaired) electrons. The van der Waals surface area contributed by atoms with E-state index in [2.05, 4.69) is 4.90 Å². The highest BCUT2D eigenvalue weighted by Gasteiger charge is 2.07. The van der Waals surface area contributed by atoms with Crippen molar-refractivity contribution in [3.8, 4) is 0 Å². The minimum Gasteiger partial charge on any atom is -0.378 e. The van der Waals surface area contributed by atoms with Gasteiger partial charge in [0.15, 0.2) is 5.78 Å². The molecule has 1 aliphatic heterocycles. The summed E-state index contributed by atoms with van der Waals surface area (Å²) in [5.41, 5.74) is 0.817. The minimum atomic E-state index is 0.140. The Labute approximate surface area is 73.0 Å². The topological polar surface area (TPSA) is 29.5 Å². The molecule has 0 spiro atoms. The van der Waals surface area contributed by atoms with E-state index in [4.69, 9.17) is 4.74 Å². The van der Waals surface area contributed by atoms with Gasteiger partial charge >= 0.3 is 0 Å². The molecule has 1 fully saturated rings. The quantitative estimate of drug-likeness (QED) is 0.573. The van der Waals surface area contributed by atoms with Crippen LogP contribution in [0, 0.1) is 0 Å². The van der Waals surface area contributed by atoms with Crippen LogP contribution in [0.2, 0.25) is 0 Å². The van der Waals surface area contributed by atoms with Crippen LogP contribution in [0.3, 0.4) is 0 Å². The summed E-state index contributed by atoms with van der Waals surface area (Å²) in [6, 6.07) is 0. The van der Waals surface area contributed by atoms with Crippen molar-refractivity contribution in [2.75, 3.05) is 26.3 Å². The normalized spacial score (nSPS) is 19.5. The lowest BCUT2D eigenvalue weighted by Gasteiger charge is -2.25. The van der Waals surface area contributed by atoms with E-state index in [9.17, 15) is 4.79 Å². The number of hydrogen-bond donors (Lipinski definition) is 0. The third kappa shape index (κ3) is 2.66. The number of nitrogens with zero attached hydrogens (tertiary/aromatic N) is 1. The first kappa shape index (κ1) is 9.26. The van der Waals surface area contributed by atoms with Crippen LogP contribution in [0.5, 0.6) is 0 Å². The van der Waals surface area contributed by atoms with Crippen molar-refractivity contribution >= 4 is 5.78 Å². The van der Waals surface area contributed by atoms with Gasteiger partial charge in [0.25, 0.3) is 0 Å². The summed E-state index contributed by atoms with van der Waals surface area (Å²) < 4.78 is 5.19. The van der Waals surface area contributed by atoms with E-state index in [1.165, 1.54) is 0 Å². The van der Waals surface area contributed by atoms with Gasteiger partial charge < -0.3 is 9.64 Å². The lowest BCUT2D eigenvalue weighted by molar-refractivity contribution is -0.113. The van der Waals surface area contributed by atoms with Crippen molar-refractivity contribution in [2.24, 2.45) is 0 Å². The van der Waals surface area contributed by atoms with Gasteiger partial charge in [-0.2, -0.15) is 0 Å². The Morgan fingerprint density at radius 3 is 2.42 bits per heavy atom. The molecular weight excluding hydrogens is 154 g/mol. The Morgan fingerprint density at radius 2 is 1.92 bits per heavy atom. The molecule has 3 nitrogen and oxygen atoms in total. The predicted octanol–water partition coefficient (Wildman–Crippen LogP) is 0.811. The highest BCUT2D eigenvalue weighted by atomic mass is 16.5. The second-order valence-electron chi connectivity index (χ2n) is 3.02. The van der Waals surface area contributed by atoms with E-state index in [1.807, 2.05) is 13.1 Å². The van der Waals surface area contributed by atoms with Crippen LogP contribution in [0.25, 0.3) is 0 Å². The standard InChI is InChI=1S/C9H15NO2/c1-8(9(2)11)7-10-3-5-12-6-4-10/h7H,3-6H2,1-2H3. The fraction of sp³-hybridized carbons (Fsp3) is 0.667. The van der Waals surface area contributed by atoms with Crippen LogP contribution >= 0.6 is 0 Å². The average Bonchev–Trinajstić information content (AvgIpc) is 2.06. The molecule has 0 aromatic rings. The predicted molar refractivity (Wildman–Crippen MR) is 46.8 cm³/mol. The largest absolute Gasteiger partial charge is 0.378 e. The zero-order valence-corrected chi connectivity index (χ0v) is 7.67. The molecule has 0 atom stereocenters. The number of ether oxygens (including phenoxy) is 1. The Morgan fingerprint density at radius 1 is 1.33 bits per heavy atom. The second-order valence-corrected chi connectivity index (χ2v) is 3.02. The van der Waals surface area contributed by atoms with Crippen LogP contribution in [0.1, 0.15) is 13.8 Å². The summed E-state index contributed by atoms with van der Waals surface area (Å²) in [6.07, 6.45) is 1.92. The fourth-order valence-electron chi connectivity index (χ4n) is 1.07. The highest BCUT2D eigenvalue weighted by Crippen LogP contribution is 2.02. The number of allylic oxidation sites excluding steroid dienone is 1. The zero-order chi connectivity index (χ0) is 8.97. The number of ketones is 1. The van der Waals surface area contributed by atoms with Crippen molar-refractivity contribution in [1.29, 1.82) is 0 Å². The maximum absolute atomic E-state index is 10.9. The van der Waals surface area contributed by atoms with E-state index >= 15 is 0 Å². The van der Waals surface area contributed by atoms with Gasteiger partial charge in [0.05, 0.1) is 13.2 Å². The molecule has 12 heavy (non-hydrogen) atoms. The second kappa shape index (κ2) is 4.26. The monoisotopic (exact) mass is 169 g/mol. The van der Waals surface area contributed by atoms with Crippen LogP contribution in [-0.2, 0) is 9.53 Å². The van der Waals surface area contributed by atoms with Crippen LogP contribution < -0.4 is 0 Å². The molecule has 0 aliphatic carbocycles. The first-order valence-electron chi connectivity index (χ1n) is 4.21. The smallest absolute Gasteiger partial charge is 0.156 e. The van der Waals surface area contributed by atoms with Crippen molar-refractivity contribution in [3.05, 3.63) is 11.8 Å². The molecule has 1 aliphatic rings. The number of hydrogen-bond acceptors (Lipinski definition) is 3. The van der Waals surface area contributed by atoms with E-state index in [1.54, 1.807) is 6.92 Å². The third-order valence-electron chi connectivity index (χ3n) is 1.98. The molecule has 0 N–H and O–H groups in total. The van der Waals surface area contributed by atoms with Crippen molar-refractivity contribution < 1.29 is 9.53 Å². The number of rotatable bonds is 2. The van der Waals surface area contributed by atoms with Gasteiger partial charge in [-0.3, -0.25) is 4.79 Å². The van der Waals surface area contributed by atoms with E-state index in [0.29, 0.717) is 0 Å². The maximum atomic E-state index is 10.9. The molecule has 1 saturated heterocycles. The van der Waals surface area contributed by atoms with Gasteiger partial charge in [-0.25, -0.2) is 0 Å². The van der Waals surface area contributed by atoms with Crippen LogP contribution in [0.15, 0.2) is 11.8 Å². The zero-order valence-electron chi connectivity index (χ0n) is 7.67. The molecule has 0 unspecified atom stereocenters. The molecule has 68 valence electrons. The first-order chi connectivity index (χ1) is 5.70. The van der Waals surface area contributed by atoms with E-state index in [-0.39, 0.29) is 5.78 Å². The maximum Gasteiger partial charge on any atom is 0.156 e. The Balaban J connectivity index is 2.47. The lowest BCUT2D eigenvalue weighted by Crippen LogP contribution is -2.32. The molecule has 0 aromatic heterocycles. The number of morpholine rings is 1. The number of carbonyl (C=O) groups excluding carboxylic acids is 1. The fourth-order valence-corrected chi connectivity index (χ4v) is 1.07. The van der Waals surface area contributed by atoms with E-state index in [0.717, 1.165) is 31.9 Å². The molecule has 0 bridgehead atoms. The molecule has 0 saturated carbocycles. The molecular formula is C9H15NO2. The lowest BCUT2D eigenvalue weighted by atomic mass is 10.2. The number of carbonyl (C=O) groups is 1. The Kier molecular flexibility index (Phi) is 3.29. The van der Waals surface area contributed by atoms with E-state index < -0.39 is 0 Å². The van der Waals surface area contributed by atoms with Gasteiger partial charge in [-0.15, -0.1) is 0 Å². The number of Topliss-reactive ketones (excluding diaryl/α,β-unsaturated/α-hetero) is 1. The molecule has 3 heteroatoms. The summed E-state index contributed by atoms with van der Waals surface area (Å²) in [4.78, 5) is 13.0. The first-order valence-corrected chi connectivity index (χ1v) is 4.21. The van der Waals surface area contributed by atoms with Gasteiger partial charge in [0, 0.05) is 24.9 Å². The van der Waals surface area contributed by atoms with Crippen LogP contribution in [0.4, 0.5) is 0 Å². The summed E-state index contributed by atoms with van der Waals surface area (Å²) in [6.45, 7) is 6.75. The van der Waals surface area contributed by atoms with Crippen molar-refractivity contribution in [2.45, 2.75) is 13.8 Å². The van der Waals surface area contributed by atoms with Gasteiger partial charge in [-0.1, -0.05) is 0 Å². The molecule has 1 rings (SSSR count). The van der Waals surface area contributed by atoms with Gasteiger partial charge in [0.2, 0.25) is 0 Å². The summed E-state index contributed by atoms with van der Waals surface area (Å²) in [5.74, 6) is 0.140. The van der Waals surface area contributed by atoms with Crippen molar-refractivity contribution in [3.63, 3.8) is 0 Å². The molecule has 0 aromatic carbocycles. The van der Waals surface area contributed by atoms with Crippen molar-refractivity contribution in [1.82, 2.24) is 4.90 Å². The van der Waals surface area contributed by atoms with Crippen LogP contribution in [-0.4, -0.2) is 37.0 Å². The van der Waals surface area contributed by atoms with Gasteiger partial charge in [-0.05, 0) is 13.8 Å². The Hall–Kier alpha value is -0.830. The SMILES string of the molecule is CC(=O)C(C)=CN1CCOCC1. The third-order valence-corrected chi connectivity index (χ3v) is 1.98. The molecule has 0 amide bonds. The summed E-state index contributed by atoms with van der Waals surface area (Å²) in [5, 5.41) is 0. The summed E-state index contributed by atoms with van der Waals surface area (Å²) in [7, 11) is 0. The molecule has 1 heterocycles.